The molecule has 0 saturated carbocycles. The third-order valence-electron chi connectivity index (χ3n) is 2.43. The molecule has 1 nitrogen and oxygen atoms in total. The maximum atomic E-state index is 13.4. The van der Waals surface area contributed by atoms with Crippen LogP contribution in [0, 0.1) is 23.3 Å². The van der Waals surface area contributed by atoms with Gasteiger partial charge in [0.05, 0.1) is 11.1 Å². The van der Waals surface area contributed by atoms with Crippen LogP contribution in [0.1, 0.15) is 18.1 Å². The van der Waals surface area contributed by atoms with Gasteiger partial charge in [0, 0.05) is 0 Å². The average Bonchev–Trinajstić information content (AvgIpc) is 2.27. The maximum Gasteiger partial charge on any atom is 0.270 e. The molecule has 1 aromatic carbocycles. The summed E-state index contributed by atoms with van der Waals surface area (Å²) < 4.78 is 78.3. The average molecular weight is 270 g/mol. The van der Waals surface area contributed by atoms with Crippen LogP contribution in [0.3, 0.4) is 0 Å². The number of hydrogen-bond donors (Lipinski definition) is 1. The molecule has 0 spiro atoms. The van der Waals surface area contributed by atoms with Crippen LogP contribution in [0.15, 0.2) is 6.58 Å². The number of hydrogen-bond acceptors (Lipinski definition) is 1. The first kappa shape index (κ1) is 14.6. The summed E-state index contributed by atoms with van der Waals surface area (Å²) in [5.74, 6) is -7.93. The molecular weight excluding hydrogens is 262 g/mol. The van der Waals surface area contributed by atoms with Crippen molar-refractivity contribution in [2.75, 3.05) is 0 Å². The first-order valence-corrected chi connectivity index (χ1v) is 4.65. The topological polar surface area (TPSA) is 20.2 Å². The van der Waals surface area contributed by atoms with Crippen LogP contribution in [-0.4, -0.2) is 11.5 Å². The second-order valence-electron chi connectivity index (χ2n) is 3.70. The molecule has 1 N–H and O–H groups in total. The first-order chi connectivity index (χ1) is 8.16. The van der Waals surface area contributed by atoms with E-state index in [9.17, 15) is 31.4 Å². The van der Waals surface area contributed by atoms with Gasteiger partial charge in [-0.05, 0) is 6.92 Å². The fourth-order valence-electron chi connectivity index (χ4n) is 1.38. The molecule has 0 aliphatic heterocycles. The van der Waals surface area contributed by atoms with Gasteiger partial charge in [-0.15, -0.1) is 0 Å². The first-order valence-electron chi connectivity index (χ1n) is 4.65. The quantitative estimate of drug-likeness (QED) is 0.659. The molecule has 0 aliphatic rings. The predicted molar refractivity (Wildman–Crippen MR) is 51.9 cm³/mol. The van der Waals surface area contributed by atoms with Crippen molar-refractivity contribution in [2.24, 2.45) is 0 Å². The monoisotopic (exact) mass is 270 g/mol. The van der Waals surface area contributed by atoms with E-state index >= 15 is 0 Å². The van der Waals surface area contributed by atoms with Crippen LogP contribution in [0.2, 0.25) is 0 Å². The Morgan fingerprint density at radius 1 is 1.06 bits per heavy atom. The van der Waals surface area contributed by atoms with Crippen LogP contribution in [-0.2, 0) is 5.60 Å². The Morgan fingerprint density at radius 2 is 1.44 bits per heavy atom. The van der Waals surface area contributed by atoms with Gasteiger partial charge < -0.3 is 5.11 Å². The molecule has 100 valence electrons. The van der Waals surface area contributed by atoms with Crippen molar-refractivity contribution in [1.82, 2.24) is 0 Å². The summed E-state index contributed by atoms with van der Waals surface area (Å²) in [6.45, 7) is 3.29. The van der Waals surface area contributed by atoms with Crippen LogP contribution < -0.4 is 0 Å². The summed E-state index contributed by atoms with van der Waals surface area (Å²) in [7, 11) is 0. The predicted octanol–water partition coefficient (Wildman–Crippen LogP) is 3.36. The largest absolute Gasteiger partial charge is 0.379 e. The molecule has 0 radical (unpaired) electrons. The second kappa shape index (κ2) is 4.64. The highest BCUT2D eigenvalue weighted by atomic mass is 19.3. The van der Waals surface area contributed by atoms with E-state index in [1.54, 1.807) is 0 Å². The highest BCUT2D eigenvalue weighted by molar-refractivity contribution is 5.51. The summed E-state index contributed by atoms with van der Waals surface area (Å²) in [5.41, 5.74) is -6.23. The van der Waals surface area contributed by atoms with E-state index in [0.29, 0.717) is 13.0 Å². The minimum atomic E-state index is -3.63. The molecule has 0 saturated heterocycles. The van der Waals surface area contributed by atoms with Crippen molar-refractivity contribution in [3.8, 4) is 0 Å². The minimum Gasteiger partial charge on any atom is -0.379 e. The van der Waals surface area contributed by atoms with E-state index in [4.69, 9.17) is 0 Å². The van der Waals surface area contributed by atoms with Crippen molar-refractivity contribution in [3.63, 3.8) is 0 Å². The van der Waals surface area contributed by atoms with Gasteiger partial charge in [-0.2, -0.15) is 0 Å². The molecule has 1 aromatic rings. The lowest BCUT2D eigenvalue weighted by Gasteiger charge is -2.24. The Hall–Kier alpha value is -1.50. The Labute approximate surface area is 98.4 Å². The zero-order chi connectivity index (χ0) is 14.2. The van der Waals surface area contributed by atoms with E-state index in [1.807, 2.05) is 0 Å². The SMILES string of the molecule is C=Cc1c(F)c(F)c(C(C)(O)C(F)F)c(F)c1F. The van der Waals surface area contributed by atoms with Gasteiger partial charge in [-0.1, -0.05) is 12.7 Å². The molecular formula is C11H8F6O. The summed E-state index contributed by atoms with van der Waals surface area (Å²) in [4.78, 5) is 0. The molecule has 18 heavy (non-hydrogen) atoms. The zero-order valence-electron chi connectivity index (χ0n) is 9.08. The highest BCUT2D eigenvalue weighted by Crippen LogP contribution is 2.35. The zero-order valence-corrected chi connectivity index (χ0v) is 9.08. The van der Waals surface area contributed by atoms with Crippen LogP contribution >= 0.6 is 0 Å². The molecule has 1 unspecified atom stereocenters. The lowest BCUT2D eigenvalue weighted by Crippen LogP contribution is -2.34. The van der Waals surface area contributed by atoms with Crippen LogP contribution in [0.4, 0.5) is 26.3 Å². The second-order valence-corrected chi connectivity index (χ2v) is 3.70. The Morgan fingerprint density at radius 3 is 1.72 bits per heavy atom. The summed E-state index contributed by atoms with van der Waals surface area (Å²) in [5, 5.41) is 9.25. The van der Waals surface area contributed by atoms with Crippen molar-refractivity contribution in [3.05, 3.63) is 41.0 Å². The van der Waals surface area contributed by atoms with Crippen LogP contribution in [0.25, 0.3) is 6.08 Å². The molecule has 1 atom stereocenters. The van der Waals surface area contributed by atoms with Gasteiger partial charge in [0.1, 0.15) is 0 Å². The molecule has 7 heteroatoms. The van der Waals surface area contributed by atoms with E-state index < -0.39 is 46.4 Å². The van der Waals surface area contributed by atoms with Crippen molar-refractivity contribution >= 4 is 6.08 Å². The molecule has 0 heterocycles. The number of halogens is 6. The third kappa shape index (κ3) is 1.98. The van der Waals surface area contributed by atoms with Gasteiger partial charge >= 0.3 is 0 Å². The molecule has 0 aliphatic carbocycles. The van der Waals surface area contributed by atoms with Gasteiger partial charge in [0.2, 0.25) is 0 Å². The van der Waals surface area contributed by atoms with E-state index in [2.05, 4.69) is 6.58 Å². The van der Waals surface area contributed by atoms with Gasteiger partial charge in [0.15, 0.2) is 28.9 Å². The molecule has 0 bridgehead atoms. The van der Waals surface area contributed by atoms with Gasteiger partial charge in [-0.3, -0.25) is 0 Å². The number of rotatable bonds is 3. The third-order valence-corrected chi connectivity index (χ3v) is 2.43. The van der Waals surface area contributed by atoms with E-state index in [0.717, 1.165) is 0 Å². The van der Waals surface area contributed by atoms with Crippen molar-refractivity contribution < 1.29 is 31.4 Å². The fourth-order valence-corrected chi connectivity index (χ4v) is 1.38. The van der Waals surface area contributed by atoms with Crippen LogP contribution in [0.5, 0.6) is 0 Å². The molecule has 0 fully saturated rings. The van der Waals surface area contributed by atoms with Crippen molar-refractivity contribution in [2.45, 2.75) is 19.0 Å². The maximum absolute atomic E-state index is 13.4. The summed E-state index contributed by atoms with van der Waals surface area (Å²) in [6, 6.07) is 0. The summed E-state index contributed by atoms with van der Waals surface area (Å²) >= 11 is 0. The standard InChI is InChI=1S/C11H8F6O/c1-3-4-6(12)8(14)5(9(15)7(4)13)11(2,18)10(16)17/h3,10,18H,1H2,2H3. The molecule has 0 amide bonds. The number of benzene rings is 1. The highest BCUT2D eigenvalue weighted by Gasteiger charge is 2.42. The van der Waals surface area contributed by atoms with E-state index in [-0.39, 0.29) is 0 Å². The Bertz CT molecular complexity index is 466. The lowest BCUT2D eigenvalue weighted by atomic mass is 9.93. The van der Waals surface area contributed by atoms with E-state index in [1.165, 1.54) is 0 Å². The number of alkyl halides is 2. The normalized spacial score (nSPS) is 14.7. The lowest BCUT2D eigenvalue weighted by molar-refractivity contribution is -0.0930. The number of aliphatic hydroxyl groups is 1. The summed E-state index contributed by atoms with van der Waals surface area (Å²) in [6.07, 6.45) is -3.13. The Kier molecular flexibility index (Phi) is 3.75. The fraction of sp³-hybridized carbons (Fsp3) is 0.273. The smallest absolute Gasteiger partial charge is 0.270 e. The molecule has 0 aromatic heterocycles. The van der Waals surface area contributed by atoms with Crippen molar-refractivity contribution in [1.29, 1.82) is 0 Å². The minimum absolute atomic E-state index is 0.353. The molecule has 1 rings (SSSR count). The van der Waals surface area contributed by atoms with Gasteiger partial charge in [-0.25, -0.2) is 26.3 Å². The Balaban J connectivity index is 3.73. The van der Waals surface area contributed by atoms with Gasteiger partial charge in [0.25, 0.3) is 6.43 Å².